The van der Waals surface area contributed by atoms with Crippen molar-refractivity contribution in [2.24, 2.45) is 0 Å². The second kappa shape index (κ2) is 6.77. The van der Waals surface area contributed by atoms with E-state index in [4.69, 9.17) is 11.5 Å². The fraction of sp³-hybridized carbons (Fsp3) is 0.167. The Morgan fingerprint density at radius 1 is 1.25 bits per heavy atom. The quantitative estimate of drug-likeness (QED) is 0.841. The van der Waals surface area contributed by atoms with Gasteiger partial charge in [0.2, 0.25) is 0 Å². The molecule has 0 radical (unpaired) electrons. The van der Waals surface area contributed by atoms with Gasteiger partial charge in [0.15, 0.2) is 0 Å². The minimum Gasteiger partial charge on any atom is -0.392 e. The van der Waals surface area contributed by atoms with Crippen LogP contribution in [-0.4, -0.2) is 11.0 Å². The topological polar surface area (TPSA) is 49.3 Å². The van der Waals surface area contributed by atoms with E-state index in [-0.39, 0.29) is 16.8 Å². The first-order valence-electron chi connectivity index (χ1n) is 6.96. The molecule has 0 saturated heterocycles. The highest BCUT2D eigenvalue weighted by atomic mass is 19.4. The van der Waals surface area contributed by atoms with Crippen molar-refractivity contribution in [3.05, 3.63) is 64.2 Å². The molecule has 3 nitrogen and oxygen atoms in total. The van der Waals surface area contributed by atoms with Crippen LogP contribution in [0.4, 0.5) is 18.9 Å². The van der Waals surface area contributed by atoms with Crippen LogP contribution < -0.4 is 5.32 Å². The van der Waals surface area contributed by atoms with Crippen molar-refractivity contribution in [2.45, 2.75) is 19.7 Å². The Balaban J connectivity index is 2.31. The number of hydrogen-bond acceptors (Lipinski definition) is 2. The first-order valence-corrected chi connectivity index (χ1v) is 6.96. The Morgan fingerprint density at radius 2 is 1.96 bits per heavy atom. The molecule has 2 rings (SSSR count). The van der Waals surface area contributed by atoms with Crippen molar-refractivity contribution in [3.63, 3.8) is 0 Å². The van der Waals surface area contributed by atoms with Crippen molar-refractivity contribution in [2.75, 3.05) is 5.32 Å². The monoisotopic (exact) mass is 333 g/mol. The predicted molar refractivity (Wildman–Crippen MR) is 84.4 cm³/mol. The van der Waals surface area contributed by atoms with Gasteiger partial charge in [-0.1, -0.05) is 18.1 Å². The third kappa shape index (κ3) is 3.76. The van der Waals surface area contributed by atoms with Crippen LogP contribution in [0.3, 0.4) is 0 Å². The summed E-state index contributed by atoms with van der Waals surface area (Å²) < 4.78 is 38.9. The van der Waals surface area contributed by atoms with Gasteiger partial charge in [-0.25, -0.2) is 0 Å². The molecular weight excluding hydrogens is 319 g/mol. The Bertz CT molecular complexity index is 820. The van der Waals surface area contributed by atoms with E-state index in [9.17, 15) is 18.0 Å². The van der Waals surface area contributed by atoms with Crippen LogP contribution in [0.15, 0.2) is 36.4 Å². The smallest absolute Gasteiger partial charge is 0.392 e. The normalized spacial score (nSPS) is 11.0. The average Bonchev–Trinajstić information content (AvgIpc) is 2.54. The van der Waals surface area contributed by atoms with Gasteiger partial charge in [-0.2, -0.15) is 13.2 Å². The molecule has 24 heavy (non-hydrogen) atoms. The first kappa shape index (κ1) is 17.6. The molecule has 6 heteroatoms. The zero-order valence-corrected chi connectivity index (χ0v) is 12.7. The highest BCUT2D eigenvalue weighted by Gasteiger charge is 2.33. The van der Waals surface area contributed by atoms with Crippen molar-refractivity contribution in [1.29, 1.82) is 0 Å². The number of rotatable bonds is 3. The minimum absolute atomic E-state index is 0.0210. The van der Waals surface area contributed by atoms with Gasteiger partial charge in [0.25, 0.3) is 5.91 Å². The summed E-state index contributed by atoms with van der Waals surface area (Å²) in [6, 6.07) is 7.92. The molecular formula is C18H14F3NO2. The number of hydrogen-bond donors (Lipinski definition) is 2. The summed E-state index contributed by atoms with van der Waals surface area (Å²) in [6.07, 6.45) is 0.716. The number of benzene rings is 2. The lowest BCUT2D eigenvalue weighted by atomic mass is 10.0. The van der Waals surface area contributed by atoms with Crippen LogP contribution in [0.5, 0.6) is 0 Å². The zero-order chi connectivity index (χ0) is 17.9. The molecule has 0 fully saturated rings. The summed E-state index contributed by atoms with van der Waals surface area (Å²) in [7, 11) is 0. The number of terminal acetylenes is 1. The Morgan fingerprint density at radius 3 is 2.54 bits per heavy atom. The number of aryl methyl sites for hydroxylation is 1. The van der Waals surface area contributed by atoms with Gasteiger partial charge in [-0.05, 0) is 42.3 Å². The number of anilines is 1. The molecule has 1 amide bonds. The molecule has 0 aliphatic heterocycles. The molecule has 2 N–H and O–H groups in total. The van der Waals surface area contributed by atoms with Crippen molar-refractivity contribution >= 4 is 11.6 Å². The molecule has 2 aromatic rings. The maximum absolute atomic E-state index is 13.0. The van der Waals surface area contributed by atoms with E-state index in [0.717, 1.165) is 17.7 Å². The lowest BCUT2D eigenvalue weighted by Gasteiger charge is -2.14. The molecule has 0 aliphatic rings. The number of carbonyl (C=O) groups is 1. The SMILES string of the molecule is C#Cc1cc(C(=O)Nc2ccc(CO)c(C(F)(F)F)c2)ccc1C. The van der Waals surface area contributed by atoms with Gasteiger partial charge in [0.1, 0.15) is 0 Å². The zero-order valence-electron chi connectivity index (χ0n) is 12.7. The van der Waals surface area contributed by atoms with Gasteiger partial charge in [-0.3, -0.25) is 4.79 Å². The van der Waals surface area contributed by atoms with Crippen molar-refractivity contribution in [3.8, 4) is 12.3 Å². The van der Waals surface area contributed by atoms with E-state index in [0.29, 0.717) is 5.56 Å². The number of carbonyl (C=O) groups excluding carboxylic acids is 1. The van der Waals surface area contributed by atoms with Gasteiger partial charge in [0, 0.05) is 16.8 Å². The summed E-state index contributed by atoms with van der Waals surface area (Å²) >= 11 is 0. The molecule has 0 spiro atoms. The highest BCUT2D eigenvalue weighted by Crippen LogP contribution is 2.34. The summed E-state index contributed by atoms with van der Waals surface area (Å²) in [5.74, 6) is 1.87. The van der Waals surface area contributed by atoms with E-state index in [1.807, 2.05) is 0 Å². The molecule has 0 heterocycles. The van der Waals surface area contributed by atoms with Gasteiger partial charge < -0.3 is 10.4 Å². The van der Waals surface area contributed by atoms with Gasteiger partial charge in [-0.15, -0.1) is 6.42 Å². The molecule has 0 bridgehead atoms. The van der Waals surface area contributed by atoms with E-state index in [1.54, 1.807) is 13.0 Å². The van der Waals surface area contributed by atoms with Crippen molar-refractivity contribution < 1.29 is 23.1 Å². The maximum Gasteiger partial charge on any atom is 0.416 e. The summed E-state index contributed by atoms with van der Waals surface area (Å²) in [4.78, 5) is 12.2. The van der Waals surface area contributed by atoms with Crippen molar-refractivity contribution in [1.82, 2.24) is 0 Å². The molecule has 124 valence electrons. The van der Waals surface area contributed by atoms with Gasteiger partial charge in [0.05, 0.1) is 12.2 Å². The first-order chi connectivity index (χ1) is 11.3. The number of aliphatic hydroxyl groups excluding tert-OH is 1. The van der Waals surface area contributed by atoms with Crippen LogP contribution >= 0.6 is 0 Å². The Hall–Kier alpha value is -2.78. The molecule has 0 unspecified atom stereocenters. The standard InChI is InChI=1S/C18H14F3NO2/c1-3-12-8-13(5-4-11(12)2)17(24)22-15-7-6-14(10-23)16(9-15)18(19,20)21/h1,4-9,23H,10H2,2H3,(H,22,24). The van der Waals surface area contributed by atoms with Crippen LogP contribution in [0, 0.1) is 19.3 Å². The number of amides is 1. The number of halogens is 3. The molecule has 0 aromatic heterocycles. The lowest BCUT2D eigenvalue weighted by molar-refractivity contribution is -0.138. The number of aliphatic hydroxyl groups is 1. The fourth-order valence-electron chi connectivity index (χ4n) is 2.18. The minimum atomic E-state index is -4.63. The third-order valence-electron chi connectivity index (χ3n) is 3.50. The predicted octanol–water partition coefficient (Wildman–Crippen LogP) is 3.74. The van der Waals surface area contributed by atoms with E-state index < -0.39 is 24.3 Å². The Labute approximate surface area is 137 Å². The molecule has 0 atom stereocenters. The molecule has 2 aromatic carbocycles. The van der Waals surface area contributed by atoms with Crippen LogP contribution in [-0.2, 0) is 12.8 Å². The number of nitrogens with one attached hydrogen (secondary N) is 1. The molecule has 0 saturated carbocycles. The largest absolute Gasteiger partial charge is 0.416 e. The van der Waals surface area contributed by atoms with Crippen LogP contribution in [0.2, 0.25) is 0 Å². The van der Waals surface area contributed by atoms with E-state index in [2.05, 4.69) is 11.2 Å². The summed E-state index contributed by atoms with van der Waals surface area (Å²) in [6.45, 7) is 1.05. The second-order valence-corrected chi connectivity index (χ2v) is 5.16. The highest BCUT2D eigenvalue weighted by molar-refractivity contribution is 6.04. The summed E-state index contributed by atoms with van der Waals surface area (Å²) in [5.41, 5.74) is 0.331. The fourth-order valence-corrected chi connectivity index (χ4v) is 2.18. The number of alkyl halides is 3. The summed E-state index contributed by atoms with van der Waals surface area (Å²) in [5, 5.41) is 11.4. The Kier molecular flexibility index (Phi) is 4.96. The van der Waals surface area contributed by atoms with Crippen LogP contribution in [0.1, 0.15) is 32.6 Å². The van der Waals surface area contributed by atoms with E-state index >= 15 is 0 Å². The maximum atomic E-state index is 13.0. The third-order valence-corrected chi connectivity index (χ3v) is 3.50. The van der Waals surface area contributed by atoms with Crippen LogP contribution in [0.25, 0.3) is 0 Å². The molecule has 0 aliphatic carbocycles. The lowest BCUT2D eigenvalue weighted by Crippen LogP contribution is -2.15. The van der Waals surface area contributed by atoms with E-state index in [1.165, 1.54) is 18.2 Å². The average molecular weight is 333 g/mol. The van der Waals surface area contributed by atoms with Gasteiger partial charge >= 0.3 is 6.18 Å². The second-order valence-electron chi connectivity index (χ2n) is 5.16.